The molecule has 0 fully saturated rings. The molecule has 0 saturated heterocycles. The Morgan fingerprint density at radius 3 is 2.30 bits per heavy atom. The fraction of sp³-hybridized carbons (Fsp3) is 0.500. The van der Waals surface area contributed by atoms with Crippen molar-refractivity contribution >= 4 is 11.9 Å². The van der Waals surface area contributed by atoms with E-state index in [2.05, 4.69) is 17.4 Å². The molecule has 4 heteroatoms. The zero-order valence-electron chi connectivity index (χ0n) is 12.0. The van der Waals surface area contributed by atoms with Crippen molar-refractivity contribution in [1.29, 1.82) is 0 Å². The molecule has 0 unspecified atom stereocenters. The zero-order valence-corrected chi connectivity index (χ0v) is 12.0. The van der Waals surface area contributed by atoms with Crippen LogP contribution in [0.1, 0.15) is 37.8 Å². The molecular weight excluding hydrogens is 254 g/mol. The second-order valence-electron chi connectivity index (χ2n) is 6.14. The third-order valence-electron chi connectivity index (χ3n) is 3.85. The topological polar surface area (TPSA) is 66.4 Å². The highest BCUT2D eigenvalue weighted by molar-refractivity contribution is 5.81. The van der Waals surface area contributed by atoms with Crippen molar-refractivity contribution in [1.82, 2.24) is 5.32 Å². The molecule has 2 rings (SSSR count). The summed E-state index contributed by atoms with van der Waals surface area (Å²) in [6, 6.07) is 8.13. The molecule has 20 heavy (non-hydrogen) atoms. The average molecular weight is 275 g/mol. The number of benzene rings is 1. The van der Waals surface area contributed by atoms with Crippen molar-refractivity contribution in [3.05, 3.63) is 35.4 Å². The standard InChI is InChI=1S/C16H21NO3/c1-16(2,8-7-14(18)19)17-15(20)13-9-11-5-3-4-6-12(11)10-13/h3-6,13H,7-10H2,1-2H3,(H,17,20)(H,18,19). The number of carbonyl (C=O) groups excluding carboxylic acids is 1. The van der Waals surface area contributed by atoms with E-state index in [0.29, 0.717) is 6.42 Å². The minimum atomic E-state index is -0.833. The van der Waals surface area contributed by atoms with Gasteiger partial charge in [0, 0.05) is 17.9 Å². The molecule has 0 aliphatic heterocycles. The van der Waals surface area contributed by atoms with Gasteiger partial charge >= 0.3 is 5.97 Å². The molecule has 4 nitrogen and oxygen atoms in total. The maximum absolute atomic E-state index is 12.3. The van der Waals surface area contributed by atoms with Gasteiger partial charge in [-0.25, -0.2) is 0 Å². The number of nitrogens with one attached hydrogen (secondary N) is 1. The number of amides is 1. The highest BCUT2D eigenvalue weighted by Gasteiger charge is 2.30. The molecule has 0 saturated carbocycles. The molecule has 0 spiro atoms. The summed E-state index contributed by atoms with van der Waals surface area (Å²) in [5.74, 6) is -0.839. The van der Waals surface area contributed by atoms with Gasteiger partial charge in [0.1, 0.15) is 0 Å². The van der Waals surface area contributed by atoms with Gasteiger partial charge in [0.15, 0.2) is 0 Å². The fourth-order valence-corrected chi connectivity index (χ4v) is 2.66. The molecule has 1 aromatic carbocycles. The smallest absolute Gasteiger partial charge is 0.303 e. The van der Waals surface area contributed by atoms with Crippen LogP contribution in [0.25, 0.3) is 0 Å². The molecular formula is C16H21NO3. The fourth-order valence-electron chi connectivity index (χ4n) is 2.66. The number of fused-ring (bicyclic) bond motifs is 1. The molecule has 1 aliphatic rings. The van der Waals surface area contributed by atoms with Crippen molar-refractivity contribution in [2.45, 2.75) is 45.1 Å². The summed E-state index contributed by atoms with van der Waals surface area (Å²) < 4.78 is 0. The largest absolute Gasteiger partial charge is 0.481 e. The lowest BCUT2D eigenvalue weighted by molar-refractivity contribution is -0.138. The van der Waals surface area contributed by atoms with Gasteiger partial charge in [-0.2, -0.15) is 0 Å². The Morgan fingerprint density at radius 2 is 1.80 bits per heavy atom. The monoisotopic (exact) mass is 275 g/mol. The number of hydrogen-bond acceptors (Lipinski definition) is 2. The van der Waals surface area contributed by atoms with Crippen molar-refractivity contribution < 1.29 is 14.7 Å². The van der Waals surface area contributed by atoms with Crippen LogP contribution in [0, 0.1) is 5.92 Å². The van der Waals surface area contributed by atoms with Gasteiger partial charge in [-0.1, -0.05) is 24.3 Å². The maximum Gasteiger partial charge on any atom is 0.303 e. The summed E-state index contributed by atoms with van der Waals surface area (Å²) in [6.45, 7) is 3.74. The second-order valence-corrected chi connectivity index (χ2v) is 6.14. The normalized spacial score (nSPS) is 14.9. The quantitative estimate of drug-likeness (QED) is 0.865. The molecule has 2 N–H and O–H groups in total. The maximum atomic E-state index is 12.3. The van der Waals surface area contributed by atoms with E-state index in [0.717, 1.165) is 12.8 Å². The van der Waals surface area contributed by atoms with E-state index >= 15 is 0 Å². The van der Waals surface area contributed by atoms with E-state index in [4.69, 9.17) is 5.11 Å². The third kappa shape index (κ3) is 3.59. The van der Waals surface area contributed by atoms with Gasteiger partial charge in [-0.05, 0) is 44.2 Å². The Hall–Kier alpha value is -1.84. The first kappa shape index (κ1) is 14.6. The highest BCUT2D eigenvalue weighted by atomic mass is 16.4. The van der Waals surface area contributed by atoms with Crippen LogP contribution in [0.2, 0.25) is 0 Å². The molecule has 0 radical (unpaired) electrons. The zero-order chi connectivity index (χ0) is 14.8. The van der Waals surface area contributed by atoms with E-state index in [1.54, 1.807) is 0 Å². The molecule has 0 aromatic heterocycles. The van der Waals surface area contributed by atoms with Crippen molar-refractivity contribution in [3.8, 4) is 0 Å². The second kappa shape index (κ2) is 5.65. The minimum Gasteiger partial charge on any atom is -0.481 e. The number of rotatable bonds is 5. The molecule has 108 valence electrons. The predicted octanol–water partition coefficient (Wildman–Crippen LogP) is 2.16. The summed E-state index contributed by atoms with van der Waals surface area (Å²) in [7, 11) is 0. The minimum absolute atomic E-state index is 0.0246. The van der Waals surface area contributed by atoms with Crippen LogP contribution in [0.5, 0.6) is 0 Å². The van der Waals surface area contributed by atoms with Crippen molar-refractivity contribution in [2.75, 3.05) is 0 Å². The number of carboxylic acid groups (broad SMARTS) is 1. The lowest BCUT2D eigenvalue weighted by atomic mass is 9.96. The third-order valence-corrected chi connectivity index (χ3v) is 3.85. The van der Waals surface area contributed by atoms with Crippen LogP contribution in [-0.4, -0.2) is 22.5 Å². The highest BCUT2D eigenvalue weighted by Crippen LogP contribution is 2.27. The van der Waals surface area contributed by atoms with Crippen LogP contribution < -0.4 is 5.32 Å². The van der Waals surface area contributed by atoms with E-state index in [9.17, 15) is 9.59 Å². The average Bonchev–Trinajstić information content (AvgIpc) is 2.80. The van der Waals surface area contributed by atoms with E-state index in [1.807, 2.05) is 26.0 Å². The van der Waals surface area contributed by atoms with Crippen LogP contribution in [0.3, 0.4) is 0 Å². The molecule has 0 atom stereocenters. The Balaban J connectivity index is 1.92. The molecule has 1 aromatic rings. The van der Waals surface area contributed by atoms with Gasteiger partial charge in [0.05, 0.1) is 0 Å². The van der Waals surface area contributed by atoms with Crippen LogP contribution >= 0.6 is 0 Å². The van der Waals surface area contributed by atoms with Crippen molar-refractivity contribution in [2.24, 2.45) is 5.92 Å². The summed E-state index contributed by atoms with van der Waals surface area (Å²) in [5.41, 5.74) is 2.01. The van der Waals surface area contributed by atoms with Gasteiger partial charge in [-0.15, -0.1) is 0 Å². The van der Waals surface area contributed by atoms with Crippen molar-refractivity contribution in [3.63, 3.8) is 0 Å². The first-order chi connectivity index (χ1) is 9.37. The predicted molar refractivity (Wildman–Crippen MR) is 76.4 cm³/mol. The van der Waals surface area contributed by atoms with E-state index < -0.39 is 11.5 Å². The SMILES string of the molecule is CC(C)(CCC(=O)O)NC(=O)C1Cc2ccccc2C1. The van der Waals surface area contributed by atoms with Gasteiger partial charge in [0.2, 0.25) is 5.91 Å². The number of aliphatic carboxylic acids is 1. The Bertz CT molecular complexity index is 497. The van der Waals surface area contributed by atoms with E-state index in [-0.39, 0.29) is 18.2 Å². The number of hydrogen-bond donors (Lipinski definition) is 2. The molecule has 0 bridgehead atoms. The number of carbonyl (C=O) groups is 2. The molecule has 0 heterocycles. The Labute approximate surface area is 119 Å². The van der Waals surface area contributed by atoms with Crippen LogP contribution in [0.15, 0.2) is 24.3 Å². The first-order valence-electron chi connectivity index (χ1n) is 6.98. The molecule has 1 amide bonds. The van der Waals surface area contributed by atoms with Gasteiger partial charge in [-0.3, -0.25) is 9.59 Å². The first-order valence-corrected chi connectivity index (χ1v) is 6.98. The van der Waals surface area contributed by atoms with Gasteiger partial charge in [0.25, 0.3) is 0 Å². The lowest BCUT2D eigenvalue weighted by Crippen LogP contribution is -2.46. The Kier molecular flexibility index (Phi) is 4.12. The van der Waals surface area contributed by atoms with Gasteiger partial charge < -0.3 is 10.4 Å². The number of carboxylic acids is 1. The summed E-state index contributed by atoms with van der Waals surface area (Å²) in [5, 5.41) is 11.7. The lowest BCUT2D eigenvalue weighted by Gasteiger charge is -2.27. The van der Waals surface area contributed by atoms with E-state index in [1.165, 1.54) is 11.1 Å². The summed E-state index contributed by atoms with van der Waals surface area (Å²) in [4.78, 5) is 22.9. The molecule has 1 aliphatic carbocycles. The Morgan fingerprint density at radius 1 is 1.25 bits per heavy atom. The van der Waals surface area contributed by atoms with Crippen LogP contribution in [0.4, 0.5) is 0 Å². The summed E-state index contributed by atoms with van der Waals surface area (Å²) in [6.07, 6.45) is 2.06. The van der Waals surface area contributed by atoms with Crippen LogP contribution in [-0.2, 0) is 22.4 Å². The summed E-state index contributed by atoms with van der Waals surface area (Å²) >= 11 is 0.